The first-order valence-corrected chi connectivity index (χ1v) is 7.55. The Morgan fingerprint density at radius 2 is 1.48 bits per heavy atom. The fourth-order valence-corrected chi connectivity index (χ4v) is 2.14. The van der Waals surface area contributed by atoms with E-state index in [2.05, 4.69) is 17.1 Å². The van der Waals surface area contributed by atoms with E-state index in [0.717, 1.165) is 23.5 Å². The molecule has 0 aliphatic heterocycles. The third-order valence-corrected chi connectivity index (χ3v) is 3.32. The molecule has 3 aromatic rings. The molecule has 0 saturated carbocycles. The summed E-state index contributed by atoms with van der Waals surface area (Å²) in [4.78, 5) is 0. The van der Waals surface area contributed by atoms with Crippen LogP contribution in [-0.2, 0) is 19.6 Å². The Hall–Kier alpha value is -2.82. The van der Waals surface area contributed by atoms with Crippen LogP contribution < -0.4 is 9.47 Å². The van der Waals surface area contributed by atoms with Gasteiger partial charge in [-0.2, -0.15) is 0 Å². The molecular formula is C18H18N2O3. The molecule has 0 saturated heterocycles. The number of hydrogen-bond donors (Lipinski definition) is 0. The van der Waals surface area contributed by atoms with Crippen molar-refractivity contribution in [3.05, 3.63) is 71.9 Å². The number of aryl methyl sites for hydroxylation is 1. The van der Waals surface area contributed by atoms with Crippen LogP contribution in [0.2, 0.25) is 0 Å². The number of hydrogen-bond acceptors (Lipinski definition) is 5. The van der Waals surface area contributed by atoms with Crippen LogP contribution in [0.15, 0.2) is 59.0 Å². The summed E-state index contributed by atoms with van der Waals surface area (Å²) < 4.78 is 16.8. The lowest BCUT2D eigenvalue weighted by Gasteiger charge is -2.07. The normalized spacial score (nSPS) is 10.5. The molecule has 118 valence electrons. The molecule has 5 nitrogen and oxygen atoms in total. The third-order valence-electron chi connectivity index (χ3n) is 3.32. The summed E-state index contributed by atoms with van der Waals surface area (Å²) in [5, 5.41) is 7.94. The summed E-state index contributed by atoms with van der Waals surface area (Å²) in [5.41, 5.74) is 1.15. The van der Waals surface area contributed by atoms with Gasteiger partial charge in [-0.25, -0.2) is 0 Å². The zero-order valence-electron chi connectivity index (χ0n) is 12.9. The Morgan fingerprint density at radius 1 is 0.826 bits per heavy atom. The summed E-state index contributed by atoms with van der Waals surface area (Å²) in [6, 6.07) is 17.4. The highest BCUT2D eigenvalue weighted by Gasteiger charge is 2.09. The van der Waals surface area contributed by atoms with Crippen molar-refractivity contribution in [1.82, 2.24) is 10.2 Å². The molecule has 0 fully saturated rings. The molecule has 23 heavy (non-hydrogen) atoms. The number of nitrogens with zero attached hydrogens (tertiary/aromatic N) is 2. The van der Waals surface area contributed by atoms with Gasteiger partial charge in [-0.1, -0.05) is 43.3 Å². The van der Waals surface area contributed by atoms with Crippen molar-refractivity contribution in [2.24, 2.45) is 0 Å². The predicted molar refractivity (Wildman–Crippen MR) is 85.2 cm³/mol. The second-order valence-electron chi connectivity index (χ2n) is 4.94. The maximum Gasteiger partial charge on any atom is 0.254 e. The van der Waals surface area contributed by atoms with Crippen molar-refractivity contribution < 1.29 is 13.9 Å². The lowest BCUT2D eigenvalue weighted by atomic mass is 10.1. The summed E-state index contributed by atoms with van der Waals surface area (Å²) in [6.07, 6.45) is 0.913. The molecule has 0 spiro atoms. The standard InChI is InChI=1S/C18H18N2O3/c1-2-14-8-6-7-11-16(14)22-13-18-20-19-17(23-18)12-21-15-9-4-3-5-10-15/h3-11H,2,12-13H2,1H3. The Labute approximate surface area is 134 Å². The van der Waals surface area contributed by atoms with Crippen LogP contribution in [0, 0.1) is 0 Å². The van der Waals surface area contributed by atoms with Gasteiger partial charge in [0, 0.05) is 0 Å². The van der Waals surface area contributed by atoms with Crippen molar-refractivity contribution in [3.63, 3.8) is 0 Å². The van der Waals surface area contributed by atoms with Gasteiger partial charge in [0.2, 0.25) is 0 Å². The van der Waals surface area contributed by atoms with Crippen molar-refractivity contribution in [2.75, 3.05) is 0 Å². The number of para-hydroxylation sites is 2. The monoisotopic (exact) mass is 310 g/mol. The quantitative estimate of drug-likeness (QED) is 0.664. The molecule has 3 rings (SSSR count). The molecule has 0 unspecified atom stereocenters. The van der Waals surface area contributed by atoms with Crippen molar-refractivity contribution in [1.29, 1.82) is 0 Å². The van der Waals surface area contributed by atoms with Crippen LogP contribution in [0.25, 0.3) is 0 Å². The zero-order chi connectivity index (χ0) is 15.9. The highest BCUT2D eigenvalue weighted by atomic mass is 16.5. The fraction of sp³-hybridized carbons (Fsp3) is 0.222. The van der Waals surface area contributed by atoms with Crippen LogP contribution in [0.5, 0.6) is 11.5 Å². The topological polar surface area (TPSA) is 57.4 Å². The zero-order valence-corrected chi connectivity index (χ0v) is 12.9. The minimum Gasteiger partial charge on any atom is -0.484 e. The number of aromatic nitrogens is 2. The molecule has 1 aromatic heterocycles. The average Bonchev–Trinajstić information content (AvgIpc) is 3.07. The molecule has 0 atom stereocenters. The van der Waals surface area contributed by atoms with E-state index in [4.69, 9.17) is 13.9 Å². The van der Waals surface area contributed by atoms with Crippen molar-refractivity contribution in [3.8, 4) is 11.5 Å². The van der Waals surface area contributed by atoms with E-state index >= 15 is 0 Å². The average molecular weight is 310 g/mol. The van der Waals surface area contributed by atoms with Crippen LogP contribution in [0.4, 0.5) is 0 Å². The van der Waals surface area contributed by atoms with Gasteiger partial charge < -0.3 is 13.9 Å². The van der Waals surface area contributed by atoms with Gasteiger partial charge in [-0.15, -0.1) is 10.2 Å². The lowest BCUT2D eigenvalue weighted by Crippen LogP contribution is -1.98. The van der Waals surface area contributed by atoms with E-state index in [0.29, 0.717) is 11.8 Å². The summed E-state index contributed by atoms with van der Waals surface area (Å²) in [6.45, 7) is 2.58. The first kappa shape index (κ1) is 15.1. The molecule has 0 amide bonds. The van der Waals surface area contributed by atoms with Crippen LogP contribution in [0.1, 0.15) is 24.3 Å². The molecule has 0 aliphatic carbocycles. The van der Waals surface area contributed by atoms with Gasteiger partial charge in [0.15, 0.2) is 13.2 Å². The van der Waals surface area contributed by atoms with E-state index in [1.807, 2.05) is 54.6 Å². The van der Waals surface area contributed by atoms with Gasteiger partial charge in [0.1, 0.15) is 11.5 Å². The smallest absolute Gasteiger partial charge is 0.254 e. The minimum atomic E-state index is 0.239. The van der Waals surface area contributed by atoms with Crippen LogP contribution >= 0.6 is 0 Å². The maximum atomic E-state index is 5.75. The molecular weight excluding hydrogens is 292 g/mol. The molecule has 0 radical (unpaired) electrons. The summed E-state index contributed by atoms with van der Waals surface area (Å²) in [7, 11) is 0. The van der Waals surface area contributed by atoms with Gasteiger partial charge in [0.05, 0.1) is 0 Å². The van der Waals surface area contributed by atoms with Crippen LogP contribution in [-0.4, -0.2) is 10.2 Å². The van der Waals surface area contributed by atoms with Gasteiger partial charge >= 0.3 is 0 Å². The van der Waals surface area contributed by atoms with Crippen molar-refractivity contribution >= 4 is 0 Å². The van der Waals surface area contributed by atoms with E-state index < -0.39 is 0 Å². The molecule has 2 aromatic carbocycles. The van der Waals surface area contributed by atoms with E-state index in [-0.39, 0.29) is 13.2 Å². The largest absolute Gasteiger partial charge is 0.484 e. The maximum absolute atomic E-state index is 5.75. The van der Waals surface area contributed by atoms with Gasteiger partial charge in [-0.3, -0.25) is 0 Å². The van der Waals surface area contributed by atoms with E-state index in [9.17, 15) is 0 Å². The third kappa shape index (κ3) is 4.10. The molecule has 5 heteroatoms. The second kappa shape index (κ2) is 7.45. The second-order valence-corrected chi connectivity index (χ2v) is 4.94. The molecule has 0 aliphatic rings. The lowest BCUT2D eigenvalue weighted by molar-refractivity contribution is 0.231. The van der Waals surface area contributed by atoms with Gasteiger partial charge in [-0.05, 0) is 30.2 Å². The van der Waals surface area contributed by atoms with Crippen molar-refractivity contribution in [2.45, 2.75) is 26.6 Å². The highest BCUT2D eigenvalue weighted by Crippen LogP contribution is 2.19. The Kier molecular flexibility index (Phi) is 4.88. The number of benzene rings is 2. The summed E-state index contributed by atoms with van der Waals surface area (Å²) >= 11 is 0. The van der Waals surface area contributed by atoms with E-state index in [1.54, 1.807) is 0 Å². The Morgan fingerprint density at radius 3 is 2.22 bits per heavy atom. The molecule has 0 N–H and O–H groups in total. The number of ether oxygens (including phenoxy) is 2. The van der Waals surface area contributed by atoms with Gasteiger partial charge in [0.25, 0.3) is 11.8 Å². The van der Waals surface area contributed by atoms with E-state index in [1.165, 1.54) is 0 Å². The predicted octanol–water partition coefficient (Wildman–Crippen LogP) is 3.79. The summed E-state index contributed by atoms with van der Waals surface area (Å²) in [5.74, 6) is 2.47. The Bertz CT molecular complexity index is 741. The SMILES string of the molecule is CCc1ccccc1OCc1nnc(COc2ccccc2)o1. The first-order valence-electron chi connectivity index (χ1n) is 7.55. The fourth-order valence-electron chi connectivity index (χ4n) is 2.14. The van der Waals surface area contributed by atoms with Crippen LogP contribution in [0.3, 0.4) is 0 Å². The highest BCUT2D eigenvalue weighted by molar-refractivity contribution is 5.33. The number of rotatable bonds is 7. The first-order chi connectivity index (χ1) is 11.3. The molecule has 0 bridgehead atoms. The Balaban J connectivity index is 1.55. The molecule has 1 heterocycles. The minimum absolute atomic E-state index is 0.239.